The Hall–Kier alpha value is -2.50. The standard InChI is InChI=1S/C15H18N4O2/c1-3-13-17-9-12(10-18-13)14(20)19-8-11-6-5-7-16-15(11)21-4-2/h5-7,9-10H,3-4,8H2,1-2H3,(H,19,20). The van der Waals surface area contributed by atoms with Gasteiger partial charge >= 0.3 is 0 Å². The predicted molar refractivity (Wildman–Crippen MR) is 78.0 cm³/mol. The van der Waals surface area contributed by atoms with Crippen molar-refractivity contribution in [1.29, 1.82) is 0 Å². The van der Waals surface area contributed by atoms with Gasteiger partial charge in [0.25, 0.3) is 5.91 Å². The minimum Gasteiger partial charge on any atom is -0.478 e. The van der Waals surface area contributed by atoms with Crippen molar-refractivity contribution >= 4 is 5.91 Å². The molecule has 0 fully saturated rings. The third kappa shape index (κ3) is 3.98. The van der Waals surface area contributed by atoms with Crippen LogP contribution in [0.25, 0.3) is 0 Å². The van der Waals surface area contributed by atoms with Gasteiger partial charge in [0.2, 0.25) is 5.88 Å². The number of amides is 1. The van der Waals surface area contributed by atoms with E-state index in [-0.39, 0.29) is 5.91 Å². The van der Waals surface area contributed by atoms with E-state index in [1.54, 1.807) is 6.20 Å². The maximum Gasteiger partial charge on any atom is 0.254 e. The van der Waals surface area contributed by atoms with Crippen LogP contribution in [-0.4, -0.2) is 27.5 Å². The van der Waals surface area contributed by atoms with E-state index in [0.29, 0.717) is 24.6 Å². The summed E-state index contributed by atoms with van der Waals surface area (Å²) in [7, 11) is 0. The molecule has 0 aliphatic carbocycles. The zero-order valence-corrected chi connectivity index (χ0v) is 12.2. The van der Waals surface area contributed by atoms with Gasteiger partial charge in [-0.25, -0.2) is 15.0 Å². The van der Waals surface area contributed by atoms with Crippen LogP contribution >= 0.6 is 0 Å². The van der Waals surface area contributed by atoms with Crippen LogP contribution in [0.15, 0.2) is 30.7 Å². The topological polar surface area (TPSA) is 77.0 Å². The monoisotopic (exact) mass is 286 g/mol. The summed E-state index contributed by atoms with van der Waals surface area (Å²) < 4.78 is 5.42. The molecule has 2 heterocycles. The molecular formula is C15H18N4O2. The number of aryl methyl sites for hydroxylation is 1. The van der Waals surface area contributed by atoms with Crippen LogP contribution in [0.5, 0.6) is 5.88 Å². The van der Waals surface area contributed by atoms with Gasteiger partial charge in [-0.1, -0.05) is 13.0 Å². The SMILES string of the molecule is CCOc1ncccc1CNC(=O)c1cnc(CC)nc1. The molecule has 21 heavy (non-hydrogen) atoms. The molecule has 0 unspecified atom stereocenters. The van der Waals surface area contributed by atoms with E-state index in [1.807, 2.05) is 26.0 Å². The molecule has 1 amide bonds. The molecule has 110 valence electrons. The molecule has 2 rings (SSSR count). The summed E-state index contributed by atoms with van der Waals surface area (Å²) >= 11 is 0. The second-order valence-corrected chi connectivity index (χ2v) is 4.32. The maximum atomic E-state index is 12.0. The van der Waals surface area contributed by atoms with E-state index in [0.717, 1.165) is 17.8 Å². The van der Waals surface area contributed by atoms with Crippen molar-refractivity contribution in [3.63, 3.8) is 0 Å². The maximum absolute atomic E-state index is 12.0. The molecule has 0 saturated carbocycles. The summed E-state index contributed by atoms with van der Waals surface area (Å²) in [4.78, 5) is 24.4. The van der Waals surface area contributed by atoms with Crippen LogP contribution in [0, 0.1) is 0 Å². The van der Waals surface area contributed by atoms with Gasteiger partial charge in [-0.15, -0.1) is 0 Å². The van der Waals surface area contributed by atoms with Gasteiger partial charge in [-0.05, 0) is 13.0 Å². The first kappa shape index (κ1) is 14.9. The molecule has 0 radical (unpaired) electrons. The van der Waals surface area contributed by atoms with Crippen LogP contribution in [-0.2, 0) is 13.0 Å². The number of nitrogens with one attached hydrogen (secondary N) is 1. The highest BCUT2D eigenvalue weighted by Gasteiger charge is 2.09. The second-order valence-electron chi connectivity index (χ2n) is 4.32. The first-order chi connectivity index (χ1) is 10.2. The fourth-order valence-electron chi connectivity index (χ4n) is 1.76. The normalized spacial score (nSPS) is 10.2. The van der Waals surface area contributed by atoms with Crippen molar-refractivity contribution in [3.8, 4) is 5.88 Å². The van der Waals surface area contributed by atoms with E-state index in [2.05, 4.69) is 20.3 Å². The Bertz CT molecular complexity index is 599. The molecule has 0 aromatic carbocycles. The molecule has 1 N–H and O–H groups in total. The average molecular weight is 286 g/mol. The number of carbonyl (C=O) groups excluding carboxylic acids is 1. The summed E-state index contributed by atoms with van der Waals surface area (Å²) in [5.41, 5.74) is 1.27. The number of hydrogen-bond donors (Lipinski definition) is 1. The fraction of sp³-hybridized carbons (Fsp3) is 0.333. The minimum absolute atomic E-state index is 0.219. The Morgan fingerprint density at radius 3 is 2.67 bits per heavy atom. The van der Waals surface area contributed by atoms with Crippen molar-refractivity contribution in [1.82, 2.24) is 20.3 Å². The number of pyridine rings is 1. The number of carbonyl (C=O) groups is 1. The lowest BCUT2D eigenvalue weighted by Gasteiger charge is -2.09. The first-order valence-corrected chi connectivity index (χ1v) is 6.90. The zero-order chi connectivity index (χ0) is 15.1. The minimum atomic E-state index is -0.219. The Labute approximate surface area is 123 Å². The molecular weight excluding hydrogens is 268 g/mol. The predicted octanol–water partition coefficient (Wildman–Crippen LogP) is 1.76. The molecule has 0 bridgehead atoms. The highest BCUT2D eigenvalue weighted by molar-refractivity contribution is 5.93. The van der Waals surface area contributed by atoms with E-state index < -0.39 is 0 Å². The number of rotatable bonds is 6. The summed E-state index contributed by atoms with van der Waals surface area (Å²) in [6.45, 7) is 4.73. The zero-order valence-electron chi connectivity index (χ0n) is 12.2. The Kier molecular flexibility index (Phi) is 5.20. The number of nitrogens with zero attached hydrogens (tertiary/aromatic N) is 3. The van der Waals surface area contributed by atoms with Crippen LogP contribution in [0.2, 0.25) is 0 Å². The molecule has 0 aliphatic heterocycles. The van der Waals surface area contributed by atoms with Crippen molar-refractivity contribution in [3.05, 3.63) is 47.7 Å². The third-order valence-electron chi connectivity index (χ3n) is 2.85. The second kappa shape index (κ2) is 7.33. The molecule has 0 aliphatic rings. The van der Waals surface area contributed by atoms with Crippen molar-refractivity contribution < 1.29 is 9.53 Å². The van der Waals surface area contributed by atoms with Gasteiger partial charge in [0, 0.05) is 37.1 Å². The largest absolute Gasteiger partial charge is 0.478 e. The highest BCUT2D eigenvalue weighted by atomic mass is 16.5. The summed E-state index contributed by atoms with van der Waals surface area (Å²) in [5.74, 6) is 1.04. The van der Waals surface area contributed by atoms with E-state index in [1.165, 1.54) is 12.4 Å². The van der Waals surface area contributed by atoms with E-state index >= 15 is 0 Å². The van der Waals surface area contributed by atoms with Crippen LogP contribution in [0.1, 0.15) is 35.6 Å². The Morgan fingerprint density at radius 1 is 1.24 bits per heavy atom. The van der Waals surface area contributed by atoms with Crippen LogP contribution in [0.3, 0.4) is 0 Å². The number of hydrogen-bond acceptors (Lipinski definition) is 5. The smallest absolute Gasteiger partial charge is 0.254 e. The molecule has 0 saturated heterocycles. The number of aromatic nitrogens is 3. The molecule has 2 aromatic heterocycles. The highest BCUT2D eigenvalue weighted by Crippen LogP contribution is 2.13. The van der Waals surface area contributed by atoms with Gasteiger partial charge in [-0.3, -0.25) is 4.79 Å². The van der Waals surface area contributed by atoms with Gasteiger partial charge in [-0.2, -0.15) is 0 Å². The third-order valence-corrected chi connectivity index (χ3v) is 2.85. The molecule has 0 atom stereocenters. The first-order valence-electron chi connectivity index (χ1n) is 6.90. The van der Waals surface area contributed by atoms with Crippen molar-refractivity contribution in [2.45, 2.75) is 26.8 Å². The van der Waals surface area contributed by atoms with Gasteiger partial charge < -0.3 is 10.1 Å². The summed E-state index contributed by atoms with van der Waals surface area (Å²) in [6.07, 6.45) is 5.48. The molecule has 2 aromatic rings. The lowest BCUT2D eigenvalue weighted by Crippen LogP contribution is -2.23. The summed E-state index contributed by atoms with van der Waals surface area (Å²) in [6, 6.07) is 3.68. The molecule has 0 spiro atoms. The quantitative estimate of drug-likeness (QED) is 0.875. The average Bonchev–Trinajstić information content (AvgIpc) is 2.54. The Balaban J connectivity index is 2.00. The van der Waals surface area contributed by atoms with E-state index in [9.17, 15) is 4.79 Å². The lowest BCUT2D eigenvalue weighted by atomic mass is 10.2. The Morgan fingerprint density at radius 2 is 2.00 bits per heavy atom. The van der Waals surface area contributed by atoms with E-state index in [4.69, 9.17) is 4.74 Å². The molecule has 6 nitrogen and oxygen atoms in total. The lowest BCUT2D eigenvalue weighted by molar-refractivity contribution is 0.0949. The fourth-order valence-corrected chi connectivity index (χ4v) is 1.76. The van der Waals surface area contributed by atoms with Crippen molar-refractivity contribution in [2.24, 2.45) is 0 Å². The van der Waals surface area contributed by atoms with Crippen LogP contribution < -0.4 is 10.1 Å². The van der Waals surface area contributed by atoms with Gasteiger partial charge in [0.1, 0.15) is 5.82 Å². The van der Waals surface area contributed by atoms with Crippen LogP contribution in [0.4, 0.5) is 0 Å². The summed E-state index contributed by atoms with van der Waals surface area (Å²) in [5, 5.41) is 2.81. The van der Waals surface area contributed by atoms with Gasteiger partial charge in [0.15, 0.2) is 0 Å². The van der Waals surface area contributed by atoms with Crippen molar-refractivity contribution in [2.75, 3.05) is 6.61 Å². The number of ether oxygens (including phenoxy) is 1. The molecule has 6 heteroatoms. The van der Waals surface area contributed by atoms with Gasteiger partial charge in [0.05, 0.1) is 12.2 Å².